The zero-order valence-corrected chi connectivity index (χ0v) is 13.4. The first-order chi connectivity index (χ1) is 11.1. The summed E-state index contributed by atoms with van der Waals surface area (Å²) in [5.41, 5.74) is 0.677. The number of ether oxygens (including phenoxy) is 2. The van der Waals surface area contributed by atoms with Gasteiger partial charge in [-0.15, -0.1) is 0 Å². The summed E-state index contributed by atoms with van der Waals surface area (Å²) >= 11 is 0. The van der Waals surface area contributed by atoms with Crippen LogP contribution in [0.15, 0.2) is 24.3 Å². The second-order valence-electron chi connectivity index (χ2n) is 5.36. The van der Waals surface area contributed by atoms with Gasteiger partial charge in [0.15, 0.2) is 0 Å². The summed E-state index contributed by atoms with van der Waals surface area (Å²) in [4.78, 5) is 23.1. The largest absolute Gasteiger partial charge is 0.492 e. The highest BCUT2D eigenvalue weighted by molar-refractivity contribution is 5.88. The lowest BCUT2D eigenvalue weighted by atomic mass is 10.1. The van der Waals surface area contributed by atoms with Crippen LogP contribution in [0, 0.1) is 0 Å². The number of carbonyl (C=O) groups is 2. The molecule has 1 aliphatic heterocycles. The predicted octanol–water partition coefficient (Wildman–Crippen LogP) is 0.517. The molecule has 1 aromatic rings. The third-order valence-corrected chi connectivity index (χ3v) is 3.42. The molecule has 0 radical (unpaired) electrons. The third kappa shape index (κ3) is 5.54. The molecule has 1 aliphatic rings. The Morgan fingerprint density at radius 3 is 3.00 bits per heavy atom. The van der Waals surface area contributed by atoms with E-state index in [1.165, 1.54) is 6.92 Å². The Morgan fingerprint density at radius 1 is 1.43 bits per heavy atom. The van der Waals surface area contributed by atoms with Crippen LogP contribution in [0.25, 0.3) is 0 Å². The van der Waals surface area contributed by atoms with Gasteiger partial charge in [-0.3, -0.25) is 9.59 Å². The summed E-state index contributed by atoms with van der Waals surface area (Å²) in [6, 6.07) is 6.79. The van der Waals surface area contributed by atoms with Gasteiger partial charge in [-0.25, -0.2) is 0 Å². The standard InChI is InChI=1S/C16H23N3O4/c1-11-15(17-6-8-22-11)16(21)18-7-9-23-14-5-3-4-13(10-14)19-12(2)20/h3-5,10-11,15,17H,6-9H2,1-2H3,(H,18,21)(H,19,20)/t11-,15+/m1/s1. The molecule has 0 unspecified atom stereocenters. The lowest BCUT2D eigenvalue weighted by molar-refractivity contribution is -0.129. The molecule has 1 saturated heterocycles. The van der Waals surface area contributed by atoms with Gasteiger partial charge in [-0.1, -0.05) is 6.07 Å². The molecule has 2 rings (SSSR count). The Labute approximate surface area is 135 Å². The summed E-state index contributed by atoms with van der Waals surface area (Å²) in [7, 11) is 0. The molecule has 2 amide bonds. The van der Waals surface area contributed by atoms with E-state index in [2.05, 4.69) is 16.0 Å². The van der Waals surface area contributed by atoms with Gasteiger partial charge in [0.25, 0.3) is 0 Å². The number of hydrogen-bond acceptors (Lipinski definition) is 5. The normalized spacial score (nSPS) is 20.6. The van der Waals surface area contributed by atoms with Crippen LogP contribution in [-0.4, -0.2) is 50.3 Å². The average Bonchev–Trinajstić information content (AvgIpc) is 2.51. The first-order valence-corrected chi connectivity index (χ1v) is 7.69. The van der Waals surface area contributed by atoms with Crippen molar-refractivity contribution in [3.05, 3.63) is 24.3 Å². The highest BCUT2D eigenvalue weighted by Crippen LogP contribution is 2.17. The zero-order chi connectivity index (χ0) is 16.7. The maximum atomic E-state index is 12.0. The van der Waals surface area contributed by atoms with Gasteiger partial charge in [0, 0.05) is 25.2 Å². The van der Waals surface area contributed by atoms with E-state index in [9.17, 15) is 9.59 Å². The minimum absolute atomic E-state index is 0.0900. The van der Waals surface area contributed by atoms with Crippen LogP contribution in [0.3, 0.4) is 0 Å². The van der Waals surface area contributed by atoms with Crippen molar-refractivity contribution >= 4 is 17.5 Å². The van der Waals surface area contributed by atoms with Crippen molar-refractivity contribution in [2.45, 2.75) is 26.0 Å². The maximum absolute atomic E-state index is 12.0. The number of benzene rings is 1. The first-order valence-electron chi connectivity index (χ1n) is 7.69. The van der Waals surface area contributed by atoms with Gasteiger partial charge in [-0.05, 0) is 19.1 Å². The first kappa shape index (κ1) is 17.2. The van der Waals surface area contributed by atoms with E-state index < -0.39 is 0 Å². The number of nitrogens with one attached hydrogen (secondary N) is 3. The summed E-state index contributed by atoms with van der Waals surface area (Å²) in [6.07, 6.45) is -0.140. The van der Waals surface area contributed by atoms with Crippen LogP contribution in [-0.2, 0) is 14.3 Å². The number of amides is 2. The minimum Gasteiger partial charge on any atom is -0.492 e. The predicted molar refractivity (Wildman–Crippen MR) is 86.5 cm³/mol. The smallest absolute Gasteiger partial charge is 0.239 e. The number of carbonyl (C=O) groups excluding carboxylic acids is 2. The van der Waals surface area contributed by atoms with E-state index in [-0.39, 0.29) is 24.0 Å². The quantitative estimate of drug-likeness (QED) is 0.665. The molecule has 23 heavy (non-hydrogen) atoms. The lowest BCUT2D eigenvalue weighted by Gasteiger charge is -2.29. The molecule has 126 valence electrons. The van der Waals surface area contributed by atoms with E-state index in [4.69, 9.17) is 9.47 Å². The van der Waals surface area contributed by atoms with Crippen molar-refractivity contribution < 1.29 is 19.1 Å². The van der Waals surface area contributed by atoms with Gasteiger partial charge in [-0.2, -0.15) is 0 Å². The summed E-state index contributed by atoms with van der Waals surface area (Å²) < 4.78 is 11.0. The Morgan fingerprint density at radius 2 is 2.26 bits per heavy atom. The molecule has 1 aromatic carbocycles. The molecule has 0 bridgehead atoms. The molecule has 0 aliphatic carbocycles. The number of morpholine rings is 1. The summed E-state index contributed by atoms with van der Waals surface area (Å²) in [6.45, 7) is 5.37. The van der Waals surface area contributed by atoms with Crippen molar-refractivity contribution in [1.82, 2.24) is 10.6 Å². The van der Waals surface area contributed by atoms with Gasteiger partial charge in [0.1, 0.15) is 18.4 Å². The fourth-order valence-electron chi connectivity index (χ4n) is 2.35. The molecule has 1 fully saturated rings. The highest BCUT2D eigenvalue weighted by Gasteiger charge is 2.27. The SMILES string of the molecule is CC(=O)Nc1cccc(OCCNC(=O)[C@H]2NCCO[C@@H]2C)c1. The maximum Gasteiger partial charge on any atom is 0.239 e. The van der Waals surface area contributed by atoms with E-state index >= 15 is 0 Å². The molecule has 1 heterocycles. The molecular weight excluding hydrogens is 298 g/mol. The summed E-state index contributed by atoms with van der Waals surface area (Å²) in [5.74, 6) is 0.413. The van der Waals surface area contributed by atoms with Crippen LogP contribution < -0.4 is 20.7 Å². The topological polar surface area (TPSA) is 88.7 Å². The van der Waals surface area contributed by atoms with Crippen LogP contribution in [0.2, 0.25) is 0 Å². The molecule has 2 atom stereocenters. The van der Waals surface area contributed by atoms with E-state index in [1.54, 1.807) is 24.3 Å². The lowest BCUT2D eigenvalue weighted by Crippen LogP contribution is -2.55. The third-order valence-electron chi connectivity index (χ3n) is 3.42. The molecule has 3 N–H and O–H groups in total. The van der Waals surface area contributed by atoms with Crippen molar-refractivity contribution in [2.24, 2.45) is 0 Å². The van der Waals surface area contributed by atoms with Crippen molar-refractivity contribution in [3.63, 3.8) is 0 Å². The van der Waals surface area contributed by atoms with E-state index in [0.717, 1.165) is 0 Å². The Balaban J connectivity index is 1.72. The molecule has 7 nitrogen and oxygen atoms in total. The minimum atomic E-state index is -0.327. The molecule has 0 saturated carbocycles. The fraction of sp³-hybridized carbons (Fsp3) is 0.500. The average molecular weight is 321 g/mol. The zero-order valence-electron chi connectivity index (χ0n) is 13.4. The van der Waals surface area contributed by atoms with Gasteiger partial charge < -0.3 is 25.4 Å². The van der Waals surface area contributed by atoms with Crippen molar-refractivity contribution in [1.29, 1.82) is 0 Å². The monoisotopic (exact) mass is 321 g/mol. The van der Waals surface area contributed by atoms with Crippen molar-refractivity contribution in [3.8, 4) is 5.75 Å². The fourth-order valence-corrected chi connectivity index (χ4v) is 2.35. The van der Waals surface area contributed by atoms with Gasteiger partial charge >= 0.3 is 0 Å². The second-order valence-corrected chi connectivity index (χ2v) is 5.36. The van der Waals surface area contributed by atoms with Crippen molar-refractivity contribution in [2.75, 3.05) is 31.6 Å². The van der Waals surface area contributed by atoms with Gasteiger partial charge in [0.2, 0.25) is 11.8 Å². The highest BCUT2D eigenvalue weighted by atomic mass is 16.5. The Bertz CT molecular complexity index is 550. The Kier molecular flexibility index (Phi) is 6.37. The second kappa shape index (κ2) is 8.50. The summed E-state index contributed by atoms with van der Waals surface area (Å²) in [5, 5.41) is 8.65. The van der Waals surface area contributed by atoms with Crippen LogP contribution >= 0.6 is 0 Å². The van der Waals surface area contributed by atoms with E-state index in [1.807, 2.05) is 6.92 Å². The van der Waals surface area contributed by atoms with E-state index in [0.29, 0.717) is 37.7 Å². The van der Waals surface area contributed by atoms with Gasteiger partial charge in [0.05, 0.1) is 19.3 Å². The molecule has 0 spiro atoms. The number of anilines is 1. The molecular formula is C16H23N3O4. The van der Waals surface area contributed by atoms with Crippen LogP contribution in [0.5, 0.6) is 5.75 Å². The molecule has 0 aromatic heterocycles. The number of hydrogen-bond donors (Lipinski definition) is 3. The molecule has 7 heteroatoms. The number of rotatable bonds is 6. The van der Waals surface area contributed by atoms with Crippen LogP contribution in [0.1, 0.15) is 13.8 Å². The Hall–Kier alpha value is -2.12. The van der Waals surface area contributed by atoms with Crippen LogP contribution in [0.4, 0.5) is 5.69 Å².